The van der Waals surface area contributed by atoms with Crippen molar-refractivity contribution >= 4 is 26.5 Å². The first-order valence-electron chi connectivity index (χ1n) is 7.13. The molecule has 0 saturated carbocycles. The number of aryl methyl sites for hydroxylation is 2. The second-order valence-electron chi connectivity index (χ2n) is 5.42. The van der Waals surface area contributed by atoms with Crippen molar-refractivity contribution < 1.29 is 0 Å². The summed E-state index contributed by atoms with van der Waals surface area (Å²) < 4.78 is 0. The van der Waals surface area contributed by atoms with Crippen LogP contribution in [0.2, 0.25) is 0 Å². The summed E-state index contributed by atoms with van der Waals surface area (Å²) in [7, 11) is -0.0256. The molecule has 2 atom stereocenters. The minimum absolute atomic E-state index is 0.0128. The summed E-state index contributed by atoms with van der Waals surface area (Å²) in [6, 6.07) is 17.7. The normalized spacial score (nSPS) is 14.0. The van der Waals surface area contributed by atoms with Gasteiger partial charge in [-0.2, -0.15) is 0 Å². The summed E-state index contributed by atoms with van der Waals surface area (Å²) in [5.74, 6) is 0. The van der Waals surface area contributed by atoms with E-state index < -0.39 is 0 Å². The van der Waals surface area contributed by atoms with Crippen LogP contribution in [-0.4, -0.2) is 25.7 Å². The monoisotopic (exact) mass is 302 g/mol. The van der Waals surface area contributed by atoms with E-state index in [1.807, 2.05) is 0 Å². The molecule has 0 bridgehead atoms. The van der Waals surface area contributed by atoms with Crippen molar-refractivity contribution in [3.8, 4) is 0 Å². The smallest absolute Gasteiger partial charge is 0.0214 e. The van der Waals surface area contributed by atoms with E-state index in [1.54, 1.807) is 10.6 Å². The minimum Gasteiger partial charge on any atom is -0.0779 e. The third-order valence-electron chi connectivity index (χ3n) is 3.82. The molecule has 0 spiro atoms. The topological polar surface area (TPSA) is 0 Å². The van der Waals surface area contributed by atoms with E-state index in [0.29, 0.717) is 0 Å². The van der Waals surface area contributed by atoms with Crippen LogP contribution in [0.1, 0.15) is 11.1 Å². The standard InChI is InChI=1S/C18H24P2/c1-15-9-5-7-11-17(15)19(3)13-14-20(4)18-12-8-6-10-16(18)2/h5-12H,13-14H2,1-4H3/t19-,20?/m1/s1. The van der Waals surface area contributed by atoms with Crippen LogP contribution >= 0.6 is 15.8 Å². The molecule has 2 aromatic rings. The highest BCUT2D eigenvalue weighted by molar-refractivity contribution is 7.68. The van der Waals surface area contributed by atoms with Crippen LogP contribution in [-0.2, 0) is 0 Å². The van der Waals surface area contributed by atoms with Gasteiger partial charge in [0.25, 0.3) is 0 Å². The lowest BCUT2D eigenvalue weighted by Crippen LogP contribution is -2.11. The fourth-order valence-corrected chi connectivity index (χ4v) is 7.44. The van der Waals surface area contributed by atoms with Crippen LogP contribution in [0.15, 0.2) is 48.5 Å². The highest BCUT2D eigenvalue weighted by Crippen LogP contribution is 2.38. The molecule has 0 amide bonds. The molecule has 0 aliphatic carbocycles. The predicted molar refractivity (Wildman–Crippen MR) is 97.0 cm³/mol. The molecule has 0 nitrogen and oxygen atoms in total. The van der Waals surface area contributed by atoms with E-state index in [1.165, 1.54) is 23.5 Å². The van der Waals surface area contributed by atoms with Gasteiger partial charge in [0.05, 0.1) is 0 Å². The Bertz CT molecular complexity index is 511. The fraction of sp³-hybridized carbons (Fsp3) is 0.333. The lowest BCUT2D eigenvalue weighted by molar-refractivity contribution is 1.46. The Labute approximate surface area is 126 Å². The first-order chi connectivity index (χ1) is 9.59. The molecule has 106 valence electrons. The van der Waals surface area contributed by atoms with Gasteiger partial charge in [0.2, 0.25) is 0 Å². The van der Waals surface area contributed by atoms with Crippen LogP contribution in [0.4, 0.5) is 0 Å². The van der Waals surface area contributed by atoms with Gasteiger partial charge in [0.1, 0.15) is 0 Å². The van der Waals surface area contributed by atoms with E-state index >= 15 is 0 Å². The highest BCUT2D eigenvalue weighted by Gasteiger charge is 2.12. The van der Waals surface area contributed by atoms with Crippen LogP contribution in [0, 0.1) is 13.8 Å². The number of benzene rings is 2. The second kappa shape index (κ2) is 7.35. The van der Waals surface area contributed by atoms with Crippen molar-refractivity contribution in [3.63, 3.8) is 0 Å². The summed E-state index contributed by atoms with van der Waals surface area (Å²) in [5.41, 5.74) is 2.91. The zero-order valence-electron chi connectivity index (χ0n) is 12.9. The summed E-state index contributed by atoms with van der Waals surface area (Å²) in [5, 5.41) is 3.16. The highest BCUT2D eigenvalue weighted by atomic mass is 31.1. The van der Waals surface area contributed by atoms with E-state index in [4.69, 9.17) is 0 Å². The van der Waals surface area contributed by atoms with Crippen LogP contribution < -0.4 is 10.6 Å². The van der Waals surface area contributed by atoms with Gasteiger partial charge in [-0.15, -0.1) is 0 Å². The third-order valence-corrected chi connectivity index (χ3v) is 8.61. The Hall–Kier alpha value is -0.700. The van der Waals surface area contributed by atoms with Gasteiger partial charge < -0.3 is 0 Å². The molecule has 2 aromatic carbocycles. The lowest BCUT2D eigenvalue weighted by atomic mass is 10.2. The second-order valence-corrected chi connectivity index (χ2v) is 10.1. The summed E-state index contributed by atoms with van der Waals surface area (Å²) in [6.45, 7) is 9.34. The molecule has 0 aliphatic heterocycles. The maximum atomic E-state index is 2.43. The SMILES string of the molecule is Cc1ccccc1P(C)CC[P@@](C)c1ccccc1C. The Morgan fingerprint density at radius 1 is 0.650 bits per heavy atom. The first-order valence-corrected chi connectivity index (χ1v) is 11.1. The van der Waals surface area contributed by atoms with E-state index in [0.717, 1.165) is 0 Å². The van der Waals surface area contributed by atoms with Crippen molar-refractivity contribution in [2.75, 3.05) is 25.7 Å². The number of rotatable bonds is 5. The molecule has 0 saturated heterocycles. The lowest BCUT2D eigenvalue weighted by Gasteiger charge is -2.19. The van der Waals surface area contributed by atoms with Gasteiger partial charge in [0.15, 0.2) is 0 Å². The van der Waals surface area contributed by atoms with Gasteiger partial charge in [-0.25, -0.2) is 0 Å². The third kappa shape index (κ3) is 3.91. The van der Waals surface area contributed by atoms with Crippen molar-refractivity contribution in [1.29, 1.82) is 0 Å². The van der Waals surface area contributed by atoms with Gasteiger partial charge >= 0.3 is 0 Å². The Morgan fingerprint density at radius 2 is 1.00 bits per heavy atom. The summed E-state index contributed by atoms with van der Waals surface area (Å²) in [4.78, 5) is 0. The van der Waals surface area contributed by atoms with Crippen molar-refractivity contribution in [3.05, 3.63) is 59.7 Å². The average molecular weight is 302 g/mol. The molecule has 0 heterocycles. The van der Waals surface area contributed by atoms with Gasteiger partial charge in [-0.3, -0.25) is 0 Å². The first kappa shape index (κ1) is 15.7. The number of hydrogen-bond acceptors (Lipinski definition) is 0. The van der Waals surface area contributed by atoms with E-state index in [2.05, 4.69) is 75.7 Å². The average Bonchev–Trinajstić information content (AvgIpc) is 2.45. The minimum atomic E-state index is -0.0128. The molecule has 0 aromatic heterocycles. The molecule has 0 fully saturated rings. The largest absolute Gasteiger partial charge is 0.0779 e. The summed E-state index contributed by atoms with van der Waals surface area (Å²) >= 11 is 0. The van der Waals surface area contributed by atoms with Gasteiger partial charge in [-0.05, 0) is 61.2 Å². The maximum Gasteiger partial charge on any atom is -0.0214 e. The maximum absolute atomic E-state index is 2.43. The van der Waals surface area contributed by atoms with Crippen molar-refractivity contribution in [2.45, 2.75) is 13.8 Å². The Morgan fingerprint density at radius 3 is 1.35 bits per heavy atom. The van der Waals surface area contributed by atoms with E-state index in [9.17, 15) is 0 Å². The molecule has 0 radical (unpaired) electrons. The van der Waals surface area contributed by atoms with Crippen LogP contribution in [0.25, 0.3) is 0 Å². The predicted octanol–water partition coefficient (Wildman–Crippen LogP) is 4.48. The van der Waals surface area contributed by atoms with Gasteiger partial charge in [0, 0.05) is 0 Å². The molecule has 0 N–H and O–H groups in total. The van der Waals surface area contributed by atoms with Crippen LogP contribution in [0.5, 0.6) is 0 Å². The van der Waals surface area contributed by atoms with Gasteiger partial charge in [-0.1, -0.05) is 64.4 Å². The molecule has 2 rings (SSSR count). The zero-order valence-corrected chi connectivity index (χ0v) is 14.7. The quantitative estimate of drug-likeness (QED) is 0.715. The summed E-state index contributed by atoms with van der Waals surface area (Å²) in [6.07, 6.45) is 2.69. The molecular weight excluding hydrogens is 278 g/mol. The van der Waals surface area contributed by atoms with Crippen molar-refractivity contribution in [2.24, 2.45) is 0 Å². The number of hydrogen-bond donors (Lipinski definition) is 0. The fourth-order valence-electron chi connectivity index (χ4n) is 2.52. The Balaban J connectivity index is 1.99. The van der Waals surface area contributed by atoms with Crippen LogP contribution in [0.3, 0.4) is 0 Å². The molecular formula is C18H24P2. The zero-order chi connectivity index (χ0) is 14.5. The molecule has 20 heavy (non-hydrogen) atoms. The molecule has 2 heteroatoms. The van der Waals surface area contributed by atoms with Crippen molar-refractivity contribution in [1.82, 2.24) is 0 Å². The Kier molecular flexibility index (Phi) is 5.76. The molecule has 1 unspecified atom stereocenters. The van der Waals surface area contributed by atoms with E-state index in [-0.39, 0.29) is 15.8 Å². The molecule has 0 aliphatic rings.